The zero-order chi connectivity index (χ0) is 16.9. The molecule has 0 aliphatic heterocycles. The lowest BCUT2D eigenvalue weighted by Crippen LogP contribution is -2.27. The molecule has 0 aliphatic carbocycles. The van der Waals surface area contributed by atoms with Gasteiger partial charge in [-0.05, 0) is 29.8 Å². The second-order valence-corrected chi connectivity index (χ2v) is 6.09. The maximum Gasteiger partial charge on any atom is 0.245 e. The first kappa shape index (κ1) is 17.3. The highest BCUT2D eigenvalue weighted by molar-refractivity contribution is 5.60. The molecule has 0 unspecified atom stereocenters. The van der Waals surface area contributed by atoms with Crippen molar-refractivity contribution in [1.29, 1.82) is 0 Å². The average Bonchev–Trinajstić information content (AvgIpc) is 2.51. The molecule has 23 heavy (non-hydrogen) atoms. The second kappa shape index (κ2) is 7.51. The lowest BCUT2D eigenvalue weighted by Gasteiger charge is -2.23. The molecule has 0 aromatic heterocycles. The molecule has 0 saturated carbocycles. The second-order valence-electron chi connectivity index (χ2n) is 6.09. The van der Waals surface area contributed by atoms with E-state index >= 15 is 0 Å². The fourth-order valence-electron chi connectivity index (χ4n) is 1.93. The standard InChI is InChI=1S/C18H20F3NO/c1-18(2,17(20)21)12-23-11-13-8-9-15(19)16(10-13)22-14-6-4-3-5-7-14/h3-10,17,22H,11-12H2,1-2H3. The van der Waals surface area contributed by atoms with Crippen LogP contribution < -0.4 is 5.32 Å². The van der Waals surface area contributed by atoms with Crippen LogP contribution in [0.3, 0.4) is 0 Å². The molecule has 0 spiro atoms. The highest BCUT2D eigenvalue weighted by atomic mass is 19.3. The third-order valence-corrected chi connectivity index (χ3v) is 3.42. The van der Waals surface area contributed by atoms with E-state index in [0.717, 1.165) is 11.3 Å². The molecule has 0 radical (unpaired) electrons. The van der Waals surface area contributed by atoms with Crippen molar-refractivity contribution >= 4 is 11.4 Å². The van der Waals surface area contributed by atoms with Crippen LogP contribution in [0.4, 0.5) is 24.5 Å². The molecule has 0 heterocycles. The van der Waals surface area contributed by atoms with Gasteiger partial charge >= 0.3 is 0 Å². The van der Waals surface area contributed by atoms with Gasteiger partial charge in [0.15, 0.2) is 0 Å². The van der Waals surface area contributed by atoms with E-state index < -0.39 is 11.8 Å². The number of alkyl halides is 2. The molecule has 2 aromatic rings. The van der Waals surface area contributed by atoms with E-state index in [-0.39, 0.29) is 19.0 Å². The van der Waals surface area contributed by atoms with Crippen LogP contribution in [-0.2, 0) is 11.3 Å². The van der Waals surface area contributed by atoms with E-state index in [4.69, 9.17) is 4.74 Å². The summed E-state index contributed by atoms with van der Waals surface area (Å²) in [7, 11) is 0. The number of rotatable bonds is 7. The Morgan fingerprint density at radius 1 is 1.09 bits per heavy atom. The van der Waals surface area contributed by atoms with Crippen molar-refractivity contribution < 1.29 is 17.9 Å². The van der Waals surface area contributed by atoms with E-state index in [1.165, 1.54) is 19.9 Å². The predicted molar refractivity (Wildman–Crippen MR) is 85.6 cm³/mol. The molecule has 0 atom stereocenters. The highest BCUT2D eigenvalue weighted by Gasteiger charge is 2.29. The molecular weight excluding hydrogens is 303 g/mol. The summed E-state index contributed by atoms with van der Waals surface area (Å²) in [5, 5.41) is 2.99. The number of hydrogen-bond acceptors (Lipinski definition) is 2. The van der Waals surface area contributed by atoms with Crippen molar-refractivity contribution in [3.8, 4) is 0 Å². The van der Waals surface area contributed by atoms with Crippen LogP contribution in [0.15, 0.2) is 48.5 Å². The Labute approximate surface area is 134 Å². The zero-order valence-corrected chi connectivity index (χ0v) is 13.2. The van der Waals surface area contributed by atoms with Gasteiger partial charge in [0.05, 0.1) is 18.9 Å². The van der Waals surface area contributed by atoms with Gasteiger partial charge in [0.1, 0.15) is 5.82 Å². The first-order valence-electron chi connectivity index (χ1n) is 7.35. The van der Waals surface area contributed by atoms with E-state index in [2.05, 4.69) is 5.32 Å². The van der Waals surface area contributed by atoms with Crippen molar-refractivity contribution in [2.75, 3.05) is 11.9 Å². The van der Waals surface area contributed by atoms with Gasteiger partial charge in [0.2, 0.25) is 6.43 Å². The molecule has 2 rings (SSSR count). The van der Waals surface area contributed by atoms with Crippen LogP contribution in [0.5, 0.6) is 0 Å². The monoisotopic (exact) mass is 323 g/mol. The minimum atomic E-state index is -2.45. The van der Waals surface area contributed by atoms with Crippen molar-refractivity contribution in [2.45, 2.75) is 26.9 Å². The smallest absolute Gasteiger partial charge is 0.245 e. The van der Waals surface area contributed by atoms with Crippen molar-refractivity contribution in [3.05, 3.63) is 59.9 Å². The van der Waals surface area contributed by atoms with Gasteiger partial charge in [-0.25, -0.2) is 13.2 Å². The average molecular weight is 323 g/mol. The summed E-state index contributed by atoms with van der Waals surface area (Å²) < 4.78 is 44.7. The topological polar surface area (TPSA) is 21.3 Å². The van der Waals surface area contributed by atoms with Crippen molar-refractivity contribution in [1.82, 2.24) is 0 Å². The third-order valence-electron chi connectivity index (χ3n) is 3.42. The number of hydrogen-bond donors (Lipinski definition) is 1. The minimum Gasteiger partial charge on any atom is -0.376 e. The molecule has 0 fully saturated rings. The van der Waals surface area contributed by atoms with Crippen LogP contribution in [0.1, 0.15) is 19.4 Å². The van der Waals surface area contributed by atoms with Gasteiger partial charge in [-0.2, -0.15) is 0 Å². The molecule has 2 nitrogen and oxygen atoms in total. The third kappa shape index (κ3) is 4.99. The minimum absolute atomic E-state index is 0.0660. The van der Waals surface area contributed by atoms with Crippen LogP contribution >= 0.6 is 0 Å². The van der Waals surface area contributed by atoms with Crippen LogP contribution in [0.25, 0.3) is 0 Å². The summed E-state index contributed by atoms with van der Waals surface area (Å²) in [6.45, 7) is 2.98. The number of ether oxygens (including phenoxy) is 1. The summed E-state index contributed by atoms with van der Waals surface area (Å²) in [6, 6.07) is 13.8. The largest absolute Gasteiger partial charge is 0.376 e. The zero-order valence-electron chi connectivity index (χ0n) is 13.2. The molecule has 0 amide bonds. The number of benzene rings is 2. The first-order chi connectivity index (χ1) is 10.9. The maximum atomic E-state index is 13.9. The first-order valence-corrected chi connectivity index (χ1v) is 7.35. The summed E-state index contributed by atoms with van der Waals surface area (Å²) in [5.41, 5.74) is 0.606. The number of anilines is 2. The number of nitrogens with one attached hydrogen (secondary N) is 1. The van der Waals surface area contributed by atoms with Crippen molar-refractivity contribution in [3.63, 3.8) is 0 Å². The summed E-state index contributed by atoms with van der Waals surface area (Å²) >= 11 is 0. The summed E-state index contributed by atoms with van der Waals surface area (Å²) in [5.74, 6) is -0.384. The van der Waals surface area contributed by atoms with Gasteiger partial charge < -0.3 is 10.1 Å². The molecule has 124 valence electrons. The van der Waals surface area contributed by atoms with Gasteiger partial charge in [0.25, 0.3) is 0 Å². The number of para-hydroxylation sites is 1. The molecule has 0 saturated heterocycles. The SMILES string of the molecule is CC(C)(COCc1ccc(F)c(Nc2ccccc2)c1)C(F)F. The lowest BCUT2D eigenvalue weighted by molar-refractivity contribution is -0.0479. The summed E-state index contributed by atoms with van der Waals surface area (Å²) in [6.07, 6.45) is -2.45. The Morgan fingerprint density at radius 2 is 1.78 bits per heavy atom. The van der Waals surface area contributed by atoms with E-state index in [9.17, 15) is 13.2 Å². The van der Waals surface area contributed by atoms with Gasteiger partial charge in [-0.1, -0.05) is 38.1 Å². The lowest BCUT2D eigenvalue weighted by atomic mass is 9.96. The van der Waals surface area contributed by atoms with Gasteiger partial charge in [-0.15, -0.1) is 0 Å². The van der Waals surface area contributed by atoms with Crippen LogP contribution in [0.2, 0.25) is 0 Å². The molecule has 5 heteroatoms. The van der Waals surface area contributed by atoms with Crippen LogP contribution in [0, 0.1) is 11.2 Å². The Hall–Kier alpha value is -2.01. The fraction of sp³-hybridized carbons (Fsp3) is 0.333. The quantitative estimate of drug-likeness (QED) is 0.739. The van der Waals surface area contributed by atoms with Gasteiger partial charge in [0, 0.05) is 11.1 Å². The molecular formula is C18H20F3NO. The van der Waals surface area contributed by atoms with Crippen molar-refractivity contribution in [2.24, 2.45) is 5.41 Å². The molecule has 2 aromatic carbocycles. The van der Waals surface area contributed by atoms with Gasteiger partial charge in [-0.3, -0.25) is 0 Å². The highest BCUT2D eigenvalue weighted by Crippen LogP contribution is 2.26. The molecule has 0 bridgehead atoms. The van der Waals surface area contributed by atoms with Crippen LogP contribution in [-0.4, -0.2) is 13.0 Å². The Bertz CT molecular complexity index is 629. The van der Waals surface area contributed by atoms with E-state index in [1.807, 2.05) is 30.3 Å². The Morgan fingerprint density at radius 3 is 2.43 bits per heavy atom. The van der Waals surface area contributed by atoms with E-state index in [0.29, 0.717) is 5.69 Å². The molecule has 1 N–H and O–H groups in total. The fourth-order valence-corrected chi connectivity index (χ4v) is 1.93. The Balaban J connectivity index is 2.00. The number of halogens is 3. The maximum absolute atomic E-state index is 13.9. The predicted octanol–water partition coefficient (Wildman–Crippen LogP) is 5.38. The van der Waals surface area contributed by atoms with E-state index in [1.54, 1.807) is 12.1 Å². The normalized spacial score (nSPS) is 11.7. The molecule has 0 aliphatic rings. The Kier molecular flexibility index (Phi) is 5.66. The summed E-state index contributed by atoms with van der Waals surface area (Å²) in [4.78, 5) is 0.